The molecule has 0 spiro atoms. The molecule has 0 saturated carbocycles. The van der Waals surface area contributed by atoms with Gasteiger partial charge >= 0.3 is 5.97 Å². The average Bonchev–Trinajstić information content (AvgIpc) is 2.44. The molecule has 2 rings (SSSR count). The minimum absolute atomic E-state index is 0.0128. The van der Waals surface area contributed by atoms with E-state index in [9.17, 15) is 4.79 Å². The number of carbonyl (C=O) groups is 1. The summed E-state index contributed by atoms with van der Waals surface area (Å²) in [6, 6.07) is 1.92. The van der Waals surface area contributed by atoms with Crippen molar-refractivity contribution in [2.75, 3.05) is 0 Å². The Labute approximate surface area is 130 Å². The summed E-state index contributed by atoms with van der Waals surface area (Å²) < 4.78 is 0.884. The van der Waals surface area contributed by atoms with Gasteiger partial charge in [-0.15, -0.1) is 0 Å². The molecule has 0 aliphatic carbocycles. The Hall–Kier alpha value is -2.08. The van der Waals surface area contributed by atoms with Crippen LogP contribution in [0.2, 0.25) is 0 Å². The van der Waals surface area contributed by atoms with Crippen molar-refractivity contribution in [1.82, 2.24) is 15.0 Å². The summed E-state index contributed by atoms with van der Waals surface area (Å²) in [5.41, 5.74) is 1.58. The molecule has 0 fully saturated rings. The van der Waals surface area contributed by atoms with Crippen molar-refractivity contribution < 1.29 is 9.90 Å². The molecule has 0 aliphatic rings. The maximum atomic E-state index is 11.1. The smallest absolute Gasteiger partial charge is 0.339 e. The van der Waals surface area contributed by atoms with E-state index in [1.165, 1.54) is 6.20 Å². The highest BCUT2D eigenvalue weighted by atomic mass is 79.9. The first-order chi connectivity index (χ1) is 9.97. The summed E-state index contributed by atoms with van der Waals surface area (Å²) in [7, 11) is 0. The van der Waals surface area contributed by atoms with Crippen LogP contribution >= 0.6 is 15.9 Å². The first-order valence-electron chi connectivity index (χ1n) is 6.36. The Bertz CT molecular complexity index is 699. The molecular weight excluding hydrogens is 334 g/mol. The van der Waals surface area contributed by atoms with E-state index in [-0.39, 0.29) is 11.5 Å². The third-order valence-corrected chi connectivity index (χ3v) is 3.20. The molecule has 2 heterocycles. The Balaban J connectivity index is 2.33. The highest BCUT2D eigenvalue weighted by Gasteiger charge is 2.15. The first kappa shape index (κ1) is 15.3. The van der Waals surface area contributed by atoms with Crippen LogP contribution in [-0.4, -0.2) is 26.0 Å². The van der Waals surface area contributed by atoms with Crippen molar-refractivity contribution in [2.45, 2.75) is 19.8 Å². The van der Waals surface area contributed by atoms with Gasteiger partial charge in [-0.3, -0.25) is 4.98 Å². The third kappa shape index (κ3) is 3.95. The lowest BCUT2D eigenvalue weighted by Crippen LogP contribution is -2.08. The number of hydrogen-bond acceptors (Lipinski definition) is 4. The SMILES string of the molecule is CC(C)c1nc(C=Cc2cncc(Br)c2)ncc1C(=O)O. The molecule has 0 saturated heterocycles. The first-order valence-corrected chi connectivity index (χ1v) is 7.15. The molecule has 108 valence electrons. The van der Waals surface area contributed by atoms with E-state index in [0.29, 0.717) is 11.5 Å². The van der Waals surface area contributed by atoms with Crippen molar-refractivity contribution in [3.05, 3.63) is 51.8 Å². The Kier molecular flexibility index (Phi) is 4.80. The number of pyridine rings is 1. The molecular formula is C15H14BrN3O2. The quantitative estimate of drug-likeness (QED) is 0.913. The van der Waals surface area contributed by atoms with Crippen molar-refractivity contribution >= 4 is 34.1 Å². The van der Waals surface area contributed by atoms with Crippen LogP contribution in [-0.2, 0) is 0 Å². The lowest BCUT2D eigenvalue weighted by molar-refractivity contribution is 0.0694. The highest BCUT2D eigenvalue weighted by Crippen LogP contribution is 2.18. The van der Waals surface area contributed by atoms with Crippen LogP contribution < -0.4 is 0 Å². The average molecular weight is 348 g/mol. The molecule has 2 aromatic heterocycles. The Morgan fingerprint density at radius 1 is 1.29 bits per heavy atom. The van der Waals surface area contributed by atoms with Crippen molar-refractivity contribution in [2.24, 2.45) is 0 Å². The summed E-state index contributed by atoms with van der Waals surface area (Å²) in [6.07, 6.45) is 8.34. The van der Waals surface area contributed by atoms with E-state index in [0.717, 1.165) is 10.0 Å². The minimum atomic E-state index is -1.01. The third-order valence-electron chi connectivity index (χ3n) is 2.77. The van der Waals surface area contributed by atoms with Gasteiger partial charge in [0.15, 0.2) is 5.82 Å². The maximum Gasteiger partial charge on any atom is 0.339 e. The van der Waals surface area contributed by atoms with Gasteiger partial charge in [-0.05, 0) is 45.6 Å². The monoisotopic (exact) mass is 347 g/mol. The zero-order valence-corrected chi connectivity index (χ0v) is 13.2. The van der Waals surface area contributed by atoms with Crippen LogP contribution in [0, 0.1) is 0 Å². The molecule has 0 radical (unpaired) electrons. The van der Waals surface area contributed by atoms with Gasteiger partial charge in [-0.2, -0.15) is 0 Å². The molecule has 0 bridgehead atoms. The number of rotatable bonds is 4. The number of aromatic carboxylic acids is 1. The molecule has 2 aromatic rings. The summed E-state index contributed by atoms with van der Waals surface area (Å²) in [6.45, 7) is 3.81. The van der Waals surface area contributed by atoms with Crippen LogP contribution in [0.3, 0.4) is 0 Å². The van der Waals surface area contributed by atoms with Crippen molar-refractivity contribution in [3.8, 4) is 0 Å². The van der Waals surface area contributed by atoms with E-state index in [1.54, 1.807) is 18.5 Å². The van der Waals surface area contributed by atoms with Gasteiger partial charge in [0.25, 0.3) is 0 Å². The standard InChI is InChI=1S/C15H14BrN3O2/c1-9(2)14-12(15(20)21)8-18-13(19-14)4-3-10-5-11(16)7-17-6-10/h3-9H,1-2H3,(H,20,21). The van der Waals surface area contributed by atoms with Crippen LogP contribution in [0.5, 0.6) is 0 Å². The van der Waals surface area contributed by atoms with E-state index in [4.69, 9.17) is 5.11 Å². The fourth-order valence-corrected chi connectivity index (χ4v) is 2.17. The van der Waals surface area contributed by atoms with Crippen molar-refractivity contribution in [1.29, 1.82) is 0 Å². The van der Waals surface area contributed by atoms with E-state index >= 15 is 0 Å². The van der Waals surface area contributed by atoms with Crippen LogP contribution in [0.25, 0.3) is 12.2 Å². The number of halogens is 1. The molecule has 6 heteroatoms. The largest absolute Gasteiger partial charge is 0.478 e. The number of nitrogens with zero attached hydrogens (tertiary/aromatic N) is 3. The molecule has 0 aliphatic heterocycles. The second kappa shape index (κ2) is 6.58. The minimum Gasteiger partial charge on any atom is -0.478 e. The van der Waals surface area contributed by atoms with Gasteiger partial charge in [0.1, 0.15) is 0 Å². The summed E-state index contributed by atoms with van der Waals surface area (Å²) in [5, 5.41) is 9.13. The fraction of sp³-hybridized carbons (Fsp3) is 0.200. The summed E-state index contributed by atoms with van der Waals surface area (Å²) >= 11 is 3.35. The van der Waals surface area contributed by atoms with E-state index < -0.39 is 5.97 Å². The van der Waals surface area contributed by atoms with E-state index in [2.05, 4.69) is 30.9 Å². The Morgan fingerprint density at radius 2 is 2.05 bits per heavy atom. The zero-order chi connectivity index (χ0) is 15.4. The molecule has 0 unspecified atom stereocenters. The van der Waals surface area contributed by atoms with Crippen molar-refractivity contribution in [3.63, 3.8) is 0 Å². The van der Waals surface area contributed by atoms with E-state index in [1.807, 2.05) is 26.0 Å². The highest BCUT2D eigenvalue weighted by molar-refractivity contribution is 9.10. The number of carboxylic acid groups (broad SMARTS) is 1. The predicted molar refractivity (Wildman–Crippen MR) is 83.9 cm³/mol. The van der Waals surface area contributed by atoms with Crippen LogP contribution in [0.1, 0.15) is 47.2 Å². The number of hydrogen-bond donors (Lipinski definition) is 1. The van der Waals surface area contributed by atoms with Crippen LogP contribution in [0.15, 0.2) is 29.1 Å². The second-order valence-corrected chi connectivity index (χ2v) is 5.67. The van der Waals surface area contributed by atoms with Gasteiger partial charge in [-0.1, -0.05) is 13.8 Å². The second-order valence-electron chi connectivity index (χ2n) is 4.76. The van der Waals surface area contributed by atoms with Gasteiger partial charge in [0.05, 0.1) is 11.3 Å². The lowest BCUT2D eigenvalue weighted by Gasteiger charge is -2.08. The molecule has 5 nitrogen and oxygen atoms in total. The molecule has 0 atom stereocenters. The van der Waals surface area contributed by atoms with Gasteiger partial charge in [-0.25, -0.2) is 14.8 Å². The predicted octanol–water partition coefficient (Wildman–Crippen LogP) is 3.63. The molecule has 0 amide bonds. The summed E-state index contributed by atoms with van der Waals surface area (Å²) in [5.74, 6) is -0.520. The Morgan fingerprint density at radius 3 is 2.67 bits per heavy atom. The van der Waals surface area contributed by atoms with Crippen LogP contribution in [0.4, 0.5) is 0 Å². The van der Waals surface area contributed by atoms with Gasteiger partial charge in [0, 0.05) is 23.1 Å². The van der Waals surface area contributed by atoms with Gasteiger partial charge in [0.2, 0.25) is 0 Å². The number of aromatic nitrogens is 3. The van der Waals surface area contributed by atoms with Gasteiger partial charge < -0.3 is 5.11 Å². The molecule has 0 aromatic carbocycles. The lowest BCUT2D eigenvalue weighted by atomic mass is 10.1. The summed E-state index contributed by atoms with van der Waals surface area (Å²) in [4.78, 5) is 23.6. The fourth-order valence-electron chi connectivity index (χ4n) is 1.78. The number of carboxylic acids is 1. The zero-order valence-electron chi connectivity index (χ0n) is 11.6. The molecule has 21 heavy (non-hydrogen) atoms. The molecule has 1 N–H and O–H groups in total. The normalized spacial score (nSPS) is 11.2. The topological polar surface area (TPSA) is 76.0 Å². The maximum absolute atomic E-state index is 11.1.